The average Bonchev–Trinajstić information content (AvgIpc) is 3.45. The molecule has 1 amide bonds. The summed E-state index contributed by atoms with van der Waals surface area (Å²) in [5.41, 5.74) is 3.38. The van der Waals surface area contributed by atoms with Crippen LogP contribution in [0.2, 0.25) is 0 Å². The van der Waals surface area contributed by atoms with Gasteiger partial charge in [-0.15, -0.1) is 17.9 Å². The van der Waals surface area contributed by atoms with Crippen LogP contribution < -0.4 is 9.64 Å². The molecule has 2 aromatic rings. The van der Waals surface area contributed by atoms with E-state index in [1.54, 1.807) is 17.4 Å². The summed E-state index contributed by atoms with van der Waals surface area (Å²) in [7, 11) is 5.99. The molecule has 8 heteroatoms. The Morgan fingerprint density at radius 3 is 2.86 bits per heavy atom. The van der Waals surface area contributed by atoms with Crippen molar-refractivity contribution in [2.75, 3.05) is 39.1 Å². The van der Waals surface area contributed by atoms with E-state index in [0.29, 0.717) is 17.7 Å². The average molecular weight is 585 g/mol. The number of phenolic OH excluding ortho intramolecular Hbond substituents is 1. The molecule has 2 aliphatic heterocycles. The zero-order chi connectivity index (χ0) is 26.1. The van der Waals surface area contributed by atoms with E-state index in [9.17, 15) is 9.90 Å². The Morgan fingerprint density at radius 2 is 2.16 bits per heavy atom. The summed E-state index contributed by atoms with van der Waals surface area (Å²) in [4.78, 5) is 21.0. The molecule has 1 N–H and O–H groups in total. The van der Waals surface area contributed by atoms with Crippen LogP contribution in [0.15, 0.2) is 40.7 Å². The molecular formula is C29H34BrN3O3S. The number of hydrogen-bond donors (Lipinski definition) is 1. The number of benzene rings is 1. The highest BCUT2D eigenvalue weighted by Crippen LogP contribution is 2.65. The number of ether oxygens (including phenoxy) is 1. The maximum Gasteiger partial charge on any atom is 0.246 e. The molecule has 4 aliphatic rings. The van der Waals surface area contributed by atoms with E-state index in [2.05, 4.69) is 32.3 Å². The summed E-state index contributed by atoms with van der Waals surface area (Å²) in [6.45, 7) is 5.87. The number of rotatable bonds is 6. The largest absolute Gasteiger partial charge is 0.504 e. The van der Waals surface area contributed by atoms with Crippen LogP contribution in [0.4, 0.5) is 5.69 Å². The van der Waals surface area contributed by atoms with Gasteiger partial charge in [-0.2, -0.15) is 0 Å². The highest BCUT2D eigenvalue weighted by Gasteiger charge is 2.66. The summed E-state index contributed by atoms with van der Waals surface area (Å²) < 4.78 is 7.78. The molecule has 3 heterocycles. The third-order valence-corrected chi connectivity index (χ3v) is 10.8. The number of nitrogens with zero attached hydrogens (tertiary/aromatic N) is 3. The van der Waals surface area contributed by atoms with E-state index >= 15 is 0 Å². The van der Waals surface area contributed by atoms with Gasteiger partial charge in [-0.3, -0.25) is 9.69 Å². The maximum absolute atomic E-state index is 13.4. The molecule has 1 saturated heterocycles. The van der Waals surface area contributed by atoms with Gasteiger partial charge in [0, 0.05) is 77.3 Å². The molecular weight excluding hydrogens is 550 g/mol. The number of likely N-dealkylation sites (tertiary alicyclic amines) is 1. The number of thiophene rings is 1. The van der Waals surface area contributed by atoms with Crippen molar-refractivity contribution in [2.24, 2.45) is 5.92 Å². The fourth-order valence-corrected chi connectivity index (χ4v) is 9.04. The Balaban J connectivity index is 1.41. The number of halogens is 1. The fraction of sp³-hybridized carbons (Fsp3) is 0.483. The Hall–Kier alpha value is -2.29. The minimum absolute atomic E-state index is 0.0150. The third kappa shape index (κ3) is 3.70. The minimum atomic E-state index is -0.200. The van der Waals surface area contributed by atoms with E-state index in [1.807, 2.05) is 55.7 Å². The van der Waals surface area contributed by atoms with Crippen molar-refractivity contribution >= 4 is 44.9 Å². The van der Waals surface area contributed by atoms with Gasteiger partial charge in [-0.05, 0) is 71.8 Å². The van der Waals surface area contributed by atoms with Gasteiger partial charge in [-0.25, -0.2) is 0 Å². The van der Waals surface area contributed by atoms with Gasteiger partial charge in [0.2, 0.25) is 5.91 Å². The highest BCUT2D eigenvalue weighted by atomic mass is 79.9. The van der Waals surface area contributed by atoms with E-state index in [0.717, 1.165) is 53.8 Å². The zero-order valence-corrected chi connectivity index (χ0v) is 24.0. The highest BCUT2D eigenvalue weighted by molar-refractivity contribution is 9.10. The first-order valence-corrected chi connectivity index (χ1v) is 14.7. The van der Waals surface area contributed by atoms with E-state index in [1.165, 1.54) is 11.1 Å². The Morgan fingerprint density at radius 1 is 1.35 bits per heavy atom. The lowest BCUT2D eigenvalue weighted by Gasteiger charge is -2.60. The first-order chi connectivity index (χ1) is 17.8. The van der Waals surface area contributed by atoms with E-state index in [4.69, 9.17) is 4.74 Å². The first-order valence-electron chi connectivity index (χ1n) is 13.0. The number of carbonyl (C=O) groups excluding carboxylic acids is 1. The molecule has 1 spiro atoms. The van der Waals surface area contributed by atoms with Crippen LogP contribution in [0.5, 0.6) is 11.5 Å². The monoisotopic (exact) mass is 583 g/mol. The lowest BCUT2D eigenvalue weighted by atomic mass is 9.50. The number of carbonyl (C=O) groups is 1. The van der Waals surface area contributed by atoms with Gasteiger partial charge in [0.25, 0.3) is 0 Å². The van der Waals surface area contributed by atoms with Crippen LogP contribution in [0.25, 0.3) is 6.08 Å². The quantitative estimate of drug-likeness (QED) is 0.381. The molecule has 6 nitrogen and oxygen atoms in total. The predicted octanol–water partition coefficient (Wildman–Crippen LogP) is 5.05. The van der Waals surface area contributed by atoms with Gasteiger partial charge >= 0.3 is 0 Å². The molecule has 0 radical (unpaired) electrons. The fourth-order valence-electron chi connectivity index (χ4n) is 7.70. The van der Waals surface area contributed by atoms with Crippen molar-refractivity contribution in [1.29, 1.82) is 0 Å². The van der Waals surface area contributed by atoms with Gasteiger partial charge in [-0.1, -0.05) is 6.08 Å². The molecule has 1 aromatic carbocycles. The smallest absolute Gasteiger partial charge is 0.246 e. The number of amides is 1. The normalized spacial score (nSPS) is 29.6. The third-order valence-electron chi connectivity index (χ3n) is 9.17. The predicted molar refractivity (Wildman–Crippen MR) is 153 cm³/mol. The van der Waals surface area contributed by atoms with Crippen molar-refractivity contribution in [3.63, 3.8) is 0 Å². The molecule has 5 atom stereocenters. The van der Waals surface area contributed by atoms with Crippen molar-refractivity contribution in [3.8, 4) is 11.5 Å². The number of hydrogen-bond acceptors (Lipinski definition) is 6. The number of aromatic hydroxyl groups is 1. The lowest BCUT2D eigenvalue weighted by molar-refractivity contribution is -0.135. The van der Waals surface area contributed by atoms with Gasteiger partial charge in [0.05, 0.1) is 6.04 Å². The van der Waals surface area contributed by atoms with Crippen molar-refractivity contribution in [1.82, 2.24) is 9.80 Å². The van der Waals surface area contributed by atoms with Crippen molar-refractivity contribution in [3.05, 3.63) is 56.7 Å². The summed E-state index contributed by atoms with van der Waals surface area (Å²) in [5.74, 6) is 1.28. The summed E-state index contributed by atoms with van der Waals surface area (Å²) >= 11 is 5.09. The number of likely N-dealkylation sites (N-methyl/N-ethyl adjacent to an activating group) is 1. The molecule has 2 aliphatic carbocycles. The second kappa shape index (κ2) is 9.17. The van der Waals surface area contributed by atoms with Crippen LogP contribution >= 0.6 is 27.3 Å². The molecule has 2 bridgehead atoms. The topological polar surface area (TPSA) is 56.2 Å². The zero-order valence-electron chi connectivity index (χ0n) is 21.6. The second-order valence-corrected chi connectivity index (χ2v) is 12.9. The SMILES string of the molecule is C=CCN1CC[C@]23c4c5c(N(C)C)cc(O)c4O[C@H]2[C@@H](N(C)C(=O)/C=C/c2cc(Br)cs2)CC[C@H]3[C@H]1C5. The van der Waals surface area contributed by atoms with Crippen molar-refractivity contribution < 1.29 is 14.6 Å². The van der Waals surface area contributed by atoms with Gasteiger partial charge in [0.15, 0.2) is 11.5 Å². The van der Waals surface area contributed by atoms with E-state index in [-0.39, 0.29) is 29.2 Å². The summed E-state index contributed by atoms with van der Waals surface area (Å²) in [5, 5.41) is 13.2. The number of anilines is 1. The molecule has 1 saturated carbocycles. The number of piperidine rings is 1. The molecule has 37 heavy (non-hydrogen) atoms. The van der Waals surface area contributed by atoms with Crippen LogP contribution in [0.1, 0.15) is 35.3 Å². The van der Waals surface area contributed by atoms with Crippen LogP contribution in [0.3, 0.4) is 0 Å². The summed E-state index contributed by atoms with van der Waals surface area (Å²) in [6.07, 6.45) is 9.24. The molecule has 196 valence electrons. The maximum atomic E-state index is 13.4. The van der Waals surface area contributed by atoms with Crippen LogP contribution in [-0.4, -0.2) is 73.2 Å². The number of phenols is 1. The van der Waals surface area contributed by atoms with E-state index < -0.39 is 0 Å². The molecule has 0 unspecified atom stereocenters. The second-order valence-electron chi connectivity index (χ2n) is 11.1. The van der Waals surface area contributed by atoms with Gasteiger partial charge in [0.1, 0.15) is 6.10 Å². The minimum Gasteiger partial charge on any atom is -0.504 e. The summed E-state index contributed by atoms with van der Waals surface area (Å²) in [6, 6.07) is 4.22. The molecule has 6 rings (SSSR count). The Bertz CT molecular complexity index is 1290. The van der Waals surface area contributed by atoms with Gasteiger partial charge < -0.3 is 19.6 Å². The molecule has 1 aromatic heterocycles. The van der Waals surface area contributed by atoms with Crippen LogP contribution in [-0.2, 0) is 16.6 Å². The Labute approximate surface area is 231 Å². The van der Waals surface area contributed by atoms with Crippen molar-refractivity contribution in [2.45, 2.75) is 49.3 Å². The lowest BCUT2D eigenvalue weighted by Crippen LogP contribution is -2.68. The van der Waals surface area contributed by atoms with Crippen LogP contribution in [0, 0.1) is 5.92 Å². The Kier molecular flexibility index (Phi) is 6.20. The molecule has 2 fully saturated rings. The standard InChI is InChI=1S/C29H34BrN3O3S/c1-5-11-33-12-10-29-20-7-8-21(32(4)25(35)9-6-18-13-17(30)16-37-18)28(29)36-27-24(34)15-22(31(2)3)19(26(27)29)14-23(20)33/h5-6,9,13,15-16,20-21,23,28,34H,1,7-8,10-12,14H2,2-4H3/b9-6+/t20-,21-,23+,28-,29-/m0/s1. The first kappa shape index (κ1) is 25.0.